The highest BCUT2D eigenvalue weighted by Crippen LogP contribution is 2.18. The SMILES string of the molecule is Cc1cccc(-n2nnn(C[NH+](C)CC(=O)NC3CC3)c2=S)c1C. The maximum Gasteiger partial charge on any atom is 0.275 e. The van der Waals surface area contributed by atoms with Crippen LogP contribution in [-0.4, -0.2) is 45.3 Å². The molecule has 1 unspecified atom stereocenters. The minimum atomic E-state index is 0.0726. The van der Waals surface area contributed by atoms with Gasteiger partial charge in [-0.15, -0.1) is 0 Å². The van der Waals surface area contributed by atoms with E-state index in [1.165, 1.54) is 5.56 Å². The van der Waals surface area contributed by atoms with E-state index in [0.717, 1.165) is 29.0 Å². The van der Waals surface area contributed by atoms with Crippen LogP contribution in [0.4, 0.5) is 0 Å². The van der Waals surface area contributed by atoms with E-state index in [4.69, 9.17) is 12.2 Å². The van der Waals surface area contributed by atoms with Gasteiger partial charge in [0.15, 0.2) is 13.2 Å². The molecule has 1 aromatic carbocycles. The Hall–Kier alpha value is -2.06. The Kier molecular flexibility index (Phi) is 4.77. The topological polar surface area (TPSA) is 69.2 Å². The fourth-order valence-electron chi connectivity index (χ4n) is 2.58. The third-order valence-corrected chi connectivity index (χ3v) is 4.65. The van der Waals surface area contributed by atoms with Crippen molar-refractivity contribution in [1.82, 2.24) is 25.1 Å². The molecule has 0 spiro atoms. The maximum absolute atomic E-state index is 11.9. The highest BCUT2D eigenvalue weighted by Gasteiger charge is 2.24. The Morgan fingerprint density at radius 1 is 1.38 bits per heavy atom. The van der Waals surface area contributed by atoms with Crippen molar-refractivity contribution in [2.45, 2.75) is 39.4 Å². The molecule has 3 rings (SSSR count). The summed E-state index contributed by atoms with van der Waals surface area (Å²) in [6.07, 6.45) is 2.19. The lowest BCUT2D eigenvalue weighted by Gasteiger charge is -2.13. The summed E-state index contributed by atoms with van der Waals surface area (Å²) in [5, 5.41) is 11.3. The highest BCUT2D eigenvalue weighted by molar-refractivity contribution is 7.71. The van der Waals surface area contributed by atoms with Gasteiger partial charge in [-0.25, -0.2) is 0 Å². The molecule has 128 valence electrons. The number of nitrogens with zero attached hydrogens (tertiary/aromatic N) is 4. The Bertz CT molecular complexity index is 807. The number of carbonyl (C=O) groups excluding carboxylic acids is 1. The molecule has 7 nitrogen and oxygen atoms in total. The standard InChI is InChI=1S/C16H22N6OS/c1-11-5-4-6-14(12(11)2)22-16(24)21(18-19-22)10-20(3)9-15(23)17-13-7-8-13/h4-6,13H,7-10H2,1-3H3,(H,17,23)/p+1. The average Bonchev–Trinajstić information content (AvgIpc) is 3.26. The van der Waals surface area contributed by atoms with Crippen molar-refractivity contribution in [3.05, 3.63) is 34.1 Å². The van der Waals surface area contributed by atoms with Gasteiger partial charge in [0, 0.05) is 6.04 Å². The zero-order chi connectivity index (χ0) is 17.3. The summed E-state index contributed by atoms with van der Waals surface area (Å²) < 4.78 is 3.87. The average molecular weight is 347 g/mol. The second-order valence-corrected chi connectivity index (χ2v) is 6.89. The molecular weight excluding hydrogens is 324 g/mol. The molecule has 0 radical (unpaired) electrons. The van der Waals surface area contributed by atoms with Crippen LogP contribution < -0.4 is 10.2 Å². The van der Waals surface area contributed by atoms with Crippen molar-refractivity contribution in [2.75, 3.05) is 13.6 Å². The Morgan fingerprint density at radius 2 is 2.12 bits per heavy atom. The first kappa shape index (κ1) is 16.8. The lowest BCUT2D eigenvalue weighted by molar-refractivity contribution is -0.895. The summed E-state index contributed by atoms with van der Waals surface area (Å²) in [7, 11) is 1.95. The summed E-state index contributed by atoms with van der Waals surface area (Å²) in [5.74, 6) is 0.0726. The first-order valence-electron chi connectivity index (χ1n) is 8.16. The quantitative estimate of drug-likeness (QED) is 0.731. The van der Waals surface area contributed by atoms with Gasteiger partial charge < -0.3 is 10.2 Å². The predicted molar refractivity (Wildman–Crippen MR) is 92.6 cm³/mol. The van der Waals surface area contributed by atoms with Gasteiger partial charge in [-0.2, -0.15) is 9.36 Å². The van der Waals surface area contributed by atoms with Gasteiger partial charge >= 0.3 is 0 Å². The number of amides is 1. The monoisotopic (exact) mass is 347 g/mol. The molecule has 0 bridgehead atoms. The van der Waals surface area contributed by atoms with E-state index in [9.17, 15) is 4.79 Å². The van der Waals surface area contributed by atoms with Crippen LogP contribution in [0.5, 0.6) is 0 Å². The first-order valence-corrected chi connectivity index (χ1v) is 8.56. The molecule has 1 atom stereocenters. The molecule has 0 aliphatic heterocycles. The Labute approximate surface area is 146 Å². The van der Waals surface area contributed by atoms with Crippen molar-refractivity contribution in [1.29, 1.82) is 0 Å². The number of tetrazole rings is 1. The van der Waals surface area contributed by atoms with Gasteiger partial charge in [0.2, 0.25) is 4.77 Å². The van der Waals surface area contributed by atoms with E-state index < -0.39 is 0 Å². The van der Waals surface area contributed by atoms with Crippen LogP contribution in [0.15, 0.2) is 18.2 Å². The normalized spacial score (nSPS) is 15.3. The second-order valence-electron chi connectivity index (χ2n) is 6.53. The number of nitrogens with one attached hydrogen (secondary N) is 2. The highest BCUT2D eigenvalue weighted by atomic mass is 32.1. The fourth-order valence-corrected chi connectivity index (χ4v) is 2.82. The number of benzene rings is 1. The number of aromatic nitrogens is 4. The molecule has 1 fully saturated rings. The van der Waals surface area contributed by atoms with Crippen LogP contribution in [0.3, 0.4) is 0 Å². The molecule has 8 heteroatoms. The molecule has 1 amide bonds. The Balaban J connectivity index is 1.71. The lowest BCUT2D eigenvalue weighted by Crippen LogP contribution is -3.09. The number of likely N-dealkylation sites (N-methyl/N-ethyl adjacent to an activating group) is 1. The molecule has 1 saturated carbocycles. The van der Waals surface area contributed by atoms with Gasteiger partial charge in [-0.05, 0) is 66.5 Å². The number of carbonyl (C=O) groups is 1. The van der Waals surface area contributed by atoms with Crippen LogP contribution >= 0.6 is 12.2 Å². The number of hydrogen-bond donors (Lipinski definition) is 2. The molecule has 1 aliphatic carbocycles. The largest absolute Gasteiger partial charge is 0.348 e. The summed E-state index contributed by atoms with van der Waals surface area (Å²) in [6, 6.07) is 6.41. The van der Waals surface area contributed by atoms with E-state index in [0.29, 0.717) is 24.0 Å². The third kappa shape index (κ3) is 3.70. The third-order valence-electron chi connectivity index (χ3n) is 4.27. The molecule has 2 aromatic rings. The van der Waals surface area contributed by atoms with Crippen LogP contribution in [0.2, 0.25) is 0 Å². The molecule has 0 saturated heterocycles. The van der Waals surface area contributed by atoms with E-state index in [-0.39, 0.29) is 5.91 Å². The van der Waals surface area contributed by atoms with E-state index in [1.807, 2.05) is 26.1 Å². The van der Waals surface area contributed by atoms with E-state index in [2.05, 4.69) is 28.7 Å². The summed E-state index contributed by atoms with van der Waals surface area (Å²) in [5.41, 5.74) is 3.25. The first-order chi connectivity index (χ1) is 11.5. The molecular formula is C16H23N6OS+. The molecule has 1 aromatic heterocycles. The number of quaternary nitrogens is 1. The zero-order valence-electron chi connectivity index (χ0n) is 14.2. The van der Waals surface area contributed by atoms with Crippen molar-refractivity contribution in [2.24, 2.45) is 0 Å². The second kappa shape index (κ2) is 6.82. The van der Waals surface area contributed by atoms with Crippen LogP contribution in [0, 0.1) is 18.6 Å². The van der Waals surface area contributed by atoms with Crippen molar-refractivity contribution < 1.29 is 9.69 Å². The fraction of sp³-hybridized carbons (Fsp3) is 0.500. The van der Waals surface area contributed by atoms with Crippen molar-refractivity contribution in [3.8, 4) is 5.69 Å². The molecule has 24 heavy (non-hydrogen) atoms. The number of aryl methyl sites for hydroxylation is 1. The van der Waals surface area contributed by atoms with Crippen LogP contribution in [0.1, 0.15) is 24.0 Å². The summed E-state index contributed by atoms with van der Waals surface area (Å²) in [4.78, 5) is 12.9. The van der Waals surface area contributed by atoms with Crippen molar-refractivity contribution in [3.63, 3.8) is 0 Å². The molecule has 1 heterocycles. The van der Waals surface area contributed by atoms with Gasteiger partial charge in [0.05, 0.1) is 12.7 Å². The van der Waals surface area contributed by atoms with Crippen LogP contribution in [0.25, 0.3) is 5.69 Å². The number of hydrogen-bond acceptors (Lipinski definition) is 4. The van der Waals surface area contributed by atoms with Gasteiger partial charge in [0.25, 0.3) is 5.91 Å². The predicted octanol–water partition coefficient (Wildman–Crippen LogP) is 0.166. The molecule has 2 N–H and O–H groups in total. The summed E-state index contributed by atoms with van der Waals surface area (Å²) >= 11 is 5.51. The minimum Gasteiger partial charge on any atom is -0.348 e. The maximum atomic E-state index is 11.9. The van der Waals surface area contributed by atoms with Gasteiger partial charge in [-0.1, -0.05) is 12.1 Å². The summed E-state index contributed by atoms with van der Waals surface area (Å²) in [6.45, 7) is 5.00. The van der Waals surface area contributed by atoms with Crippen LogP contribution in [-0.2, 0) is 11.5 Å². The van der Waals surface area contributed by atoms with Gasteiger partial charge in [0.1, 0.15) is 0 Å². The van der Waals surface area contributed by atoms with Gasteiger partial charge in [-0.3, -0.25) is 4.79 Å². The molecule has 1 aliphatic rings. The zero-order valence-corrected chi connectivity index (χ0v) is 15.1. The lowest BCUT2D eigenvalue weighted by atomic mass is 10.1. The smallest absolute Gasteiger partial charge is 0.275 e. The van der Waals surface area contributed by atoms with E-state index >= 15 is 0 Å². The van der Waals surface area contributed by atoms with E-state index in [1.54, 1.807) is 9.36 Å². The number of rotatable bonds is 6. The van der Waals surface area contributed by atoms with Crippen molar-refractivity contribution >= 4 is 18.1 Å². The minimum absolute atomic E-state index is 0.0726. The Morgan fingerprint density at radius 3 is 2.83 bits per heavy atom.